The van der Waals surface area contributed by atoms with Crippen molar-refractivity contribution in [3.8, 4) is 0 Å². The van der Waals surface area contributed by atoms with E-state index in [1.807, 2.05) is 13.8 Å². The monoisotopic (exact) mass is 245 g/mol. The van der Waals surface area contributed by atoms with Gasteiger partial charge in [-0.25, -0.2) is 4.39 Å². The van der Waals surface area contributed by atoms with Crippen LogP contribution in [0.4, 0.5) is 4.39 Å². The normalized spacial score (nSPS) is 15.5. The Labute approximate surface area is 86.3 Å². The molecule has 0 bridgehead atoms. The molecular weight excluding hydrogens is 233 g/mol. The first-order valence-corrected chi connectivity index (χ1v) is 5.02. The van der Waals surface area contributed by atoms with Gasteiger partial charge in [0.05, 0.1) is 0 Å². The zero-order valence-electron chi connectivity index (χ0n) is 7.72. The minimum absolute atomic E-state index is 0.0711. The second-order valence-corrected chi connectivity index (χ2v) is 4.17. The summed E-state index contributed by atoms with van der Waals surface area (Å²) < 4.78 is 13.5. The largest absolute Gasteiger partial charge is 0.327 e. The van der Waals surface area contributed by atoms with Crippen molar-refractivity contribution in [1.82, 2.24) is 0 Å². The third-order valence-corrected chi connectivity index (χ3v) is 2.93. The van der Waals surface area contributed by atoms with E-state index in [2.05, 4.69) is 15.9 Å². The van der Waals surface area contributed by atoms with Crippen LogP contribution < -0.4 is 5.73 Å². The molecule has 3 heteroatoms. The quantitative estimate of drug-likeness (QED) is 0.852. The molecule has 2 unspecified atom stereocenters. The molecular formula is C10H13BrFN. The van der Waals surface area contributed by atoms with Gasteiger partial charge in [0.2, 0.25) is 0 Å². The van der Waals surface area contributed by atoms with Gasteiger partial charge in [0.1, 0.15) is 5.82 Å². The molecule has 13 heavy (non-hydrogen) atoms. The molecule has 0 saturated heterocycles. The van der Waals surface area contributed by atoms with Crippen molar-refractivity contribution >= 4 is 15.9 Å². The van der Waals surface area contributed by atoms with Crippen LogP contribution in [0.1, 0.15) is 25.3 Å². The fourth-order valence-electron chi connectivity index (χ4n) is 1.15. The smallest absolute Gasteiger partial charge is 0.124 e. The Morgan fingerprint density at radius 2 is 2.00 bits per heavy atom. The molecule has 1 rings (SSSR count). The van der Waals surface area contributed by atoms with Gasteiger partial charge >= 0.3 is 0 Å². The lowest BCUT2D eigenvalue weighted by Crippen LogP contribution is -2.22. The molecule has 1 nitrogen and oxygen atoms in total. The second-order valence-electron chi connectivity index (χ2n) is 3.31. The van der Waals surface area contributed by atoms with E-state index in [1.54, 1.807) is 6.07 Å². The van der Waals surface area contributed by atoms with Gasteiger partial charge in [-0.15, -0.1) is 0 Å². The maximum Gasteiger partial charge on any atom is 0.124 e. The first-order valence-electron chi connectivity index (χ1n) is 4.23. The maximum absolute atomic E-state index is 12.8. The number of hydrogen-bond acceptors (Lipinski definition) is 1. The summed E-state index contributed by atoms with van der Waals surface area (Å²) in [6.07, 6.45) is 0. The maximum atomic E-state index is 12.8. The van der Waals surface area contributed by atoms with Crippen molar-refractivity contribution in [3.63, 3.8) is 0 Å². The summed E-state index contributed by atoms with van der Waals surface area (Å²) in [6.45, 7) is 3.98. The molecule has 0 spiro atoms. The molecule has 2 atom stereocenters. The minimum Gasteiger partial charge on any atom is -0.327 e. The van der Waals surface area contributed by atoms with Gasteiger partial charge < -0.3 is 5.73 Å². The van der Waals surface area contributed by atoms with Gasteiger partial charge in [-0.1, -0.05) is 28.9 Å². The van der Waals surface area contributed by atoms with Gasteiger partial charge in [-0.2, -0.15) is 0 Å². The van der Waals surface area contributed by atoms with Crippen LogP contribution in [0, 0.1) is 5.82 Å². The lowest BCUT2D eigenvalue weighted by Gasteiger charge is -2.17. The average Bonchev–Trinajstić information content (AvgIpc) is 2.03. The van der Waals surface area contributed by atoms with Gasteiger partial charge in [0, 0.05) is 10.5 Å². The van der Waals surface area contributed by atoms with Crippen molar-refractivity contribution in [1.29, 1.82) is 0 Å². The van der Waals surface area contributed by atoms with Crippen molar-refractivity contribution in [2.45, 2.75) is 25.8 Å². The molecule has 2 N–H and O–H groups in total. The van der Waals surface area contributed by atoms with Gasteiger partial charge in [0.15, 0.2) is 0 Å². The van der Waals surface area contributed by atoms with E-state index < -0.39 is 0 Å². The van der Waals surface area contributed by atoms with Gasteiger partial charge in [0.25, 0.3) is 0 Å². The van der Waals surface area contributed by atoms with E-state index in [1.165, 1.54) is 12.1 Å². The summed E-state index contributed by atoms with van der Waals surface area (Å²) in [6, 6.07) is 4.77. The number of nitrogens with two attached hydrogens (primary N) is 1. The molecule has 0 amide bonds. The van der Waals surface area contributed by atoms with Gasteiger partial charge in [-0.3, -0.25) is 0 Å². The third kappa shape index (κ3) is 2.51. The fraction of sp³-hybridized carbons (Fsp3) is 0.400. The van der Waals surface area contributed by atoms with E-state index in [0.717, 1.165) is 10.0 Å². The Kier molecular flexibility index (Phi) is 3.45. The zero-order chi connectivity index (χ0) is 10.0. The Bertz CT molecular complexity index is 299. The van der Waals surface area contributed by atoms with E-state index in [9.17, 15) is 4.39 Å². The Morgan fingerprint density at radius 1 is 1.38 bits per heavy atom. The number of benzene rings is 1. The molecule has 0 aliphatic rings. The van der Waals surface area contributed by atoms with Crippen molar-refractivity contribution in [2.75, 3.05) is 0 Å². The lowest BCUT2D eigenvalue weighted by atomic mass is 9.95. The highest BCUT2D eigenvalue weighted by Crippen LogP contribution is 2.27. The summed E-state index contributed by atoms with van der Waals surface area (Å²) in [5, 5.41) is 0. The van der Waals surface area contributed by atoms with E-state index in [0.29, 0.717) is 0 Å². The summed E-state index contributed by atoms with van der Waals surface area (Å²) in [5.74, 6) is 0.00229. The number of halogens is 2. The standard InChI is InChI=1S/C10H13BrFN/c1-6(7(2)13)9-4-3-8(12)5-10(9)11/h3-7H,13H2,1-2H3. The predicted molar refractivity (Wildman–Crippen MR) is 56.2 cm³/mol. The highest BCUT2D eigenvalue weighted by molar-refractivity contribution is 9.10. The number of rotatable bonds is 2. The van der Waals surface area contributed by atoms with E-state index in [-0.39, 0.29) is 17.8 Å². The second kappa shape index (κ2) is 4.20. The lowest BCUT2D eigenvalue weighted by molar-refractivity contribution is 0.600. The molecule has 72 valence electrons. The van der Waals surface area contributed by atoms with Crippen molar-refractivity contribution < 1.29 is 4.39 Å². The minimum atomic E-state index is -0.229. The summed E-state index contributed by atoms with van der Waals surface area (Å²) in [7, 11) is 0. The average molecular weight is 246 g/mol. The van der Waals surface area contributed by atoms with Gasteiger partial charge in [-0.05, 0) is 30.5 Å². The van der Waals surface area contributed by atoms with E-state index in [4.69, 9.17) is 5.73 Å². The molecule has 0 aromatic heterocycles. The van der Waals surface area contributed by atoms with E-state index >= 15 is 0 Å². The first kappa shape index (κ1) is 10.7. The summed E-state index contributed by atoms with van der Waals surface area (Å²) in [5.41, 5.74) is 6.81. The molecule has 0 radical (unpaired) electrons. The summed E-state index contributed by atoms with van der Waals surface area (Å²) >= 11 is 3.32. The highest BCUT2D eigenvalue weighted by Gasteiger charge is 2.13. The third-order valence-electron chi connectivity index (χ3n) is 2.24. The van der Waals surface area contributed by atoms with Crippen LogP contribution in [0.5, 0.6) is 0 Å². The molecule has 0 saturated carbocycles. The topological polar surface area (TPSA) is 26.0 Å². The predicted octanol–water partition coefficient (Wildman–Crippen LogP) is 3.04. The van der Waals surface area contributed by atoms with Crippen LogP contribution in [0.25, 0.3) is 0 Å². The molecule has 0 heterocycles. The zero-order valence-corrected chi connectivity index (χ0v) is 9.31. The molecule has 0 aliphatic carbocycles. The van der Waals surface area contributed by atoms with Crippen LogP contribution in [0.15, 0.2) is 22.7 Å². The van der Waals surface area contributed by atoms with Crippen molar-refractivity contribution in [2.24, 2.45) is 5.73 Å². The Hall–Kier alpha value is -0.410. The Morgan fingerprint density at radius 3 is 2.46 bits per heavy atom. The van der Waals surface area contributed by atoms with Crippen molar-refractivity contribution in [3.05, 3.63) is 34.1 Å². The number of hydrogen-bond donors (Lipinski definition) is 1. The summed E-state index contributed by atoms with van der Waals surface area (Å²) in [4.78, 5) is 0. The van der Waals surface area contributed by atoms with Crippen LogP contribution in [0.2, 0.25) is 0 Å². The Balaban J connectivity index is 3.01. The molecule has 1 aromatic rings. The van der Waals surface area contributed by atoms with Crippen LogP contribution in [-0.4, -0.2) is 6.04 Å². The van der Waals surface area contributed by atoms with Crippen LogP contribution >= 0.6 is 15.9 Å². The molecule has 0 fully saturated rings. The first-order chi connectivity index (χ1) is 6.02. The highest BCUT2D eigenvalue weighted by atomic mass is 79.9. The van der Waals surface area contributed by atoms with Crippen LogP contribution in [0.3, 0.4) is 0 Å². The SMILES string of the molecule is CC(N)C(C)c1ccc(F)cc1Br. The molecule has 0 aliphatic heterocycles. The fourth-order valence-corrected chi connectivity index (χ4v) is 1.87. The molecule has 1 aromatic carbocycles. The van der Waals surface area contributed by atoms with Crippen LogP contribution in [-0.2, 0) is 0 Å².